The molecule has 2 N–H and O–H groups in total. The molecule has 6 nitrogen and oxygen atoms in total. The van der Waals surface area contributed by atoms with Crippen LogP contribution in [0.2, 0.25) is 0 Å². The molecule has 90 valence electrons. The van der Waals surface area contributed by atoms with Crippen molar-refractivity contribution in [2.75, 3.05) is 14.2 Å². The van der Waals surface area contributed by atoms with Crippen molar-refractivity contribution in [3.8, 4) is 0 Å². The number of hydrogen-bond donors (Lipinski definition) is 2. The molecule has 0 aromatic rings. The van der Waals surface area contributed by atoms with Gasteiger partial charge in [0.05, 0.1) is 26.4 Å². The molecule has 0 saturated heterocycles. The molecule has 16 heavy (non-hydrogen) atoms. The minimum atomic E-state index is -1.17. The van der Waals surface area contributed by atoms with E-state index in [4.69, 9.17) is 0 Å². The van der Waals surface area contributed by atoms with Crippen LogP contribution in [0, 0.1) is 11.8 Å². The van der Waals surface area contributed by atoms with E-state index in [1.165, 1.54) is 12.2 Å². The van der Waals surface area contributed by atoms with Crippen molar-refractivity contribution in [2.24, 2.45) is 11.8 Å². The fraction of sp³-hybridized carbons (Fsp3) is 0.600. The van der Waals surface area contributed by atoms with Gasteiger partial charge in [0.1, 0.15) is 11.8 Å². The first-order chi connectivity index (χ1) is 7.52. The summed E-state index contributed by atoms with van der Waals surface area (Å²) in [6.07, 6.45) is 0.178. The summed E-state index contributed by atoms with van der Waals surface area (Å²) in [6, 6.07) is 0. The van der Waals surface area contributed by atoms with Gasteiger partial charge in [0.15, 0.2) is 0 Å². The molecule has 0 radical (unpaired) electrons. The summed E-state index contributed by atoms with van der Waals surface area (Å²) in [7, 11) is 2.29. The molecule has 4 atom stereocenters. The Hall–Kier alpha value is -1.40. The van der Waals surface area contributed by atoms with E-state index in [0.29, 0.717) is 0 Å². The molecule has 1 aliphatic carbocycles. The average molecular weight is 230 g/mol. The second kappa shape index (κ2) is 5.09. The van der Waals surface area contributed by atoms with Gasteiger partial charge in [0, 0.05) is 0 Å². The van der Waals surface area contributed by atoms with E-state index in [0.717, 1.165) is 14.2 Å². The van der Waals surface area contributed by atoms with Gasteiger partial charge in [-0.3, -0.25) is 9.59 Å². The summed E-state index contributed by atoms with van der Waals surface area (Å²) in [6.45, 7) is 0. The molecule has 0 aromatic heterocycles. The molecule has 0 spiro atoms. The molecule has 0 heterocycles. The first-order valence-electron chi connectivity index (χ1n) is 4.73. The summed E-state index contributed by atoms with van der Waals surface area (Å²) >= 11 is 0. The lowest BCUT2D eigenvalue weighted by atomic mass is 9.79. The van der Waals surface area contributed by atoms with E-state index in [1.807, 2.05) is 0 Å². The van der Waals surface area contributed by atoms with Crippen molar-refractivity contribution in [2.45, 2.75) is 12.2 Å². The van der Waals surface area contributed by atoms with E-state index in [9.17, 15) is 19.8 Å². The lowest BCUT2D eigenvalue weighted by Crippen LogP contribution is -2.46. The Bertz CT molecular complexity index is 280. The van der Waals surface area contributed by atoms with Crippen LogP contribution in [0.15, 0.2) is 12.2 Å². The Morgan fingerprint density at radius 2 is 1.25 bits per heavy atom. The van der Waals surface area contributed by atoms with Gasteiger partial charge in [-0.15, -0.1) is 0 Å². The second-order valence-electron chi connectivity index (χ2n) is 3.46. The largest absolute Gasteiger partial charge is 0.469 e. The van der Waals surface area contributed by atoms with Gasteiger partial charge in [-0.1, -0.05) is 12.2 Å². The zero-order valence-electron chi connectivity index (χ0n) is 8.99. The Balaban J connectivity index is 3.02. The van der Waals surface area contributed by atoms with Crippen molar-refractivity contribution in [3.63, 3.8) is 0 Å². The molecule has 0 unspecified atom stereocenters. The van der Waals surface area contributed by atoms with Crippen molar-refractivity contribution in [1.82, 2.24) is 0 Å². The highest BCUT2D eigenvalue weighted by Crippen LogP contribution is 2.28. The van der Waals surface area contributed by atoms with Gasteiger partial charge in [0.25, 0.3) is 0 Å². The van der Waals surface area contributed by atoms with Gasteiger partial charge < -0.3 is 19.7 Å². The standard InChI is InChI=1S/C10H14O6/c1-15-9(13)7-5(11)3-4-6(12)8(7)10(14)16-2/h3-8,11-12H,1-2H3/t5-,6+,7-,8-/m0/s1. The second-order valence-corrected chi connectivity index (χ2v) is 3.46. The lowest BCUT2D eigenvalue weighted by Gasteiger charge is -2.31. The van der Waals surface area contributed by atoms with Gasteiger partial charge in [0.2, 0.25) is 0 Å². The third-order valence-corrected chi connectivity index (χ3v) is 2.57. The van der Waals surface area contributed by atoms with E-state index in [1.54, 1.807) is 0 Å². The fourth-order valence-corrected chi connectivity index (χ4v) is 1.74. The zero-order valence-corrected chi connectivity index (χ0v) is 8.99. The quantitative estimate of drug-likeness (QED) is 0.460. The number of carbonyl (C=O) groups is 2. The minimum Gasteiger partial charge on any atom is -0.469 e. The number of hydrogen-bond acceptors (Lipinski definition) is 6. The maximum Gasteiger partial charge on any atom is 0.312 e. The van der Waals surface area contributed by atoms with Crippen molar-refractivity contribution >= 4 is 11.9 Å². The molecule has 0 saturated carbocycles. The molecule has 0 fully saturated rings. The highest BCUT2D eigenvalue weighted by molar-refractivity contribution is 5.83. The third kappa shape index (κ3) is 2.23. The number of esters is 2. The number of ether oxygens (including phenoxy) is 2. The lowest BCUT2D eigenvalue weighted by molar-refractivity contribution is -0.166. The van der Waals surface area contributed by atoms with Gasteiger partial charge in [-0.25, -0.2) is 0 Å². The van der Waals surface area contributed by atoms with Crippen LogP contribution < -0.4 is 0 Å². The number of aliphatic hydroxyl groups is 2. The summed E-state index contributed by atoms with van der Waals surface area (Å²) in [4.78, 5) is 22.8. The van der Waals surface area contributed by atoms with Crippen LogP contribution in [0.1, 0.15) is 0 Å². The van der Waals surface area contributed by atoms with Crippen molar-refractivity contribution in [1.29, 1.82) is 0 Å². The van der Waals surface area contributed by atoms with Crippen LogP contribution in [0.3, 0.4) is 0 Å². The molecular formula is C10H14O6. The number of aliphatic hydroxyl groups excluding tert-OH is 2. The number of rotatable bonds is 2. The molecule has 0 amide bonds. The molecule has 1 rings (SSSR count). The van der Waals surface area contributed by atoms with Crippen molar-refractivity contribution in [3.05, 3.63) is 12.2 Å². The highest BCUT2D eigenvalue weighted by atomic mass is 16.5. The molecule has 1 aliphatic rings. The van der Waals surface area contributed by atoms with E-state index in [2.05, 4.69) is 9.47 Å². The maximum absolute atomic E-state index is 11.4. The molecule has 6 heteroatoms. The maximum atomic E-state index is 11.4. The van der Waals surface area contributed by atoms with E-state index < -0.39 is 36.0 Å². The first kappa shape index (κ1) is 12.7. The minimum absolute atomic E-state index is 0.758. The molecular weight excluding hydrogens is 216 g/mol. The average Bonchev–Trinajstić information content (AvgIpc) is 2.29. The normalized spacial score (nSPS) is 33.2. The third-order valence-electron chi connectivity index (χ3n) is 2.57. The Labute approximate surface area is 92.5 Å². The van der Waals surface area contributed by atoms with Crippen LogP contribution in [0.25, 0.3) is 0 Å². The van der Waals surface area contributed by atoms with Gasteiger partial charge in [-0.05, 0) is 0 Å². The van der Waals surface area contributed by atoms with Crippen LogP contribution in [0.5, 0.6) is 0 Å². The number of methoxy groups -OCH3 is 2. The van der Waals surface area contributed by atoms with Crippen LogP contribution in [-0.4, -0.2) is 48.6 Å². The Morgan fingerprint density at radius 3 is 1.50 bits per heavy atom. The smallest absolute Gasteiger partial charge is 0.312 e. The summed E-state index contributed by atoms with van der Waals surface area (Å²) in [5.41, 5.74) is 0. The first-order valence-corrected chi connectivity index (χ1v) is 4.73. The summed E-state index contributed by atoms with van der Waals surface area (Å²) in [5, 5.41) is 19.2. The predicted octanol–water partition coefficient (Wildman–Crippen LogP) is -1.14. The summed E-state index contributed by atoms with van der Waals surface area (Å²) < 4.78 is 8.96. The Morgan fingerprint density at radius 1 is 0.938 bits per heavy atom. The molecule has 0 bridgehead atoms. The van der Waals surface area contributed by atoms with E-state index >= 15 is 0 Å². The molecule has 0 aliphatic heterocycles. The highest BCUT2D eigenvalue weighted by Gasteiger charge is 2.45. The summed E-state index contributed by atoms with van der Waals surface area (Å²) in [5.74, 6) is -3.80. The van der Waals surface area contributed by atoms with Crippen LogP contribution in [0.4, 0.5) is 0 Å². The Kier molecular flexibility index (Phi) is 4.03. The SMILES string of the molecule is COC(=O)[C@@H]1[C@@H](C(=O)OC)[C@@H](O)C=C[C@H]1O. The predicted molar refractivity (Wildman–Crippen MR) is 52.2 cm³/mol. The van der Waals surface area contributed by atoms with E-state index in [-0.39, 0.29) is 0 Å². The monoisotopic (exact) mass is 230 g/mol. The number of carbonyl (C=O) groups excluding carboxylic acids is 2. The van der Waals surface area contributed by atoms with Crippen molar-refractivity contribution < 1.29 is 29.3 Å². The molecule has 0 aromatic carbocycles. The van der Waals surface area contributed by atoms with Gasteiger partial charge >= 0.3 is 11.9 Å². The van der Waals surface area contributed by atoms with Gasteiger partial charge in [-0.2, -0.15) is 0 Å². The fourth-order valence-electron chi connectivity index (χ4n) is 1.74. The van der Waals surface area contributed by atoms with Crippen LogP contribution in [-0.2, 0) is 19.1 Å². The topological polar surface area (TPSA) is 93.1 Å². The zero-order chi connectivity index (χ0) is 12.3. The van der Waals surface area contributed by atoms with Crippen LogP contribution >= 0.6 is 0 Å².